The Balaban J connectivity index is 0.000000411. The number of carboxylic acid groups (broad SMARTS) is 1. The zero-order valence-electron chi connectivity index (χ0n) is 22.1. The van der Waals surface area contributed by atoms with E-state index in [0.29, 0.717) is 5.82 Å². The Morgan fingerprint density at radius 2 is 1.65 bits per heavy atom. The van der Waals surface area contributed by atoms with Gasteiger partial charge in [-0.1, -0.05) is 6.07 Å². The summed E-state index contributed by atoms with van der Waals surface area (Å²) in [5.74, 6) is -0.142. The van der Waals surface area contributed by atoms with Crippen molar-refractivity contribution in [1.29, 1.82) is 0 Å². The fraction of sp³-hybridized carbons (Fsp3) is 0.630. The van der Waals surface area contributed by atoms with Gasteiger partial charge in [0.15, 0.2) is 0 Å². The number of hydrogen-bond acceptors (Lipinski definition) is 5. The highest BCUT2D eigenvalue weighted by molar-refractivity contribution is 5.92. The second kappa shape index (κ2) is 10.9. The Kier molecular flexibility index (Phi) is 7.68. The second-order valence-electron chi connectivity index (χ2n) is 12.0. The number of quaternary nitrogens is 1. The van der Waals surface area contributed by atoms with E-state index in [0.717, 1.165) is 80.7 Å². The summed E-state index contributed by atoms with van der Waals surface area (Å²) in [5, 5.41) is 15.1. The lowest BCUT2D eigenvalue weighted by Gasteiger charge is -2.56. The van der Waals surface area contributed by atoms with Crippen LogP contribution in [0.5, 0.6) is 0 Å². The van der Waals surface area contributed by atoms with Crippen LogP contribution in [0.25, 0.3) is 5.52 Å². The lowest BCUT2D eigenvalue weighted by atomic mass is 9.53. The van der Waals surface area contributed by atoms with Gasteiger partial charge in [0.05, 0.1) is 18.6 Å². The molecule has 0 radical (unpaired) electrons. The van der Waals surface area contributed by atoms with E-state index >= 15 is 0 Å². The molecule has 4 saturated carbocycles. The maximum Gasteiger partial charge on any atom is 0.430 e. The minimum absolute atomic E-state index is 0.0207. The molecule has 2 aromatic heterocycles. The zero-order chi connectivity index (χ0) is 28.7. The van der Waals surface area contributed by atoms with Crippen molar-refractivity contribution in [1.82, 2.24) is 20.0 Å². The number of piperidine rings is 1. The first kappa shape index (κ1) is 28.2. The molecule has 5 N–H and O–H groups in total. The highest BCUT2D eigenvalue weighted by atomic mass is 19.4. The number of halogens is 3. The van der Waals surface area contributed by atoms with Gasteiger partial charge in [-0.15, -0.1) is 0 Å². The first-order chi connectivity index (χ1) is 18.9. The number of primary amides is 1. The predicted molar refractivity (Wildman–Crippen MR) is 135 cm³/mol. The minimum Gasteiger partial charge on any atom is -0.542 e. The number of hydrogen-bond donors (Lipinski definition) is 4. The summed E-state index contributed by atoms with van der Waals surface area (Å²) in [5.41, 5.74) is 7.24. The number of urea groups is 1. The number of carboxylic acids is 1. The number of nitrogens with one attached hydrogen (secondary N) is 3. The van der Waals surface area contributed by atoms with Crippen molar-refractivity contribution >= 4 is 23.4 Å². The fourth-order valence-electron chi connectivity index (χ4n) is 7.74. The Morgan fingerprint density at radius 1 is 1.07 bits per heavy atom. The van der Waals surface area contributed by atoms with Crippen molar-refractivity contribution < 1.29 is 37.6 Å². The molecule has 3 amide bonds. The SMILES string of the molecule is NC(=O)NC1CC[NH+](Cc2nc(C(=O)NC34CC5CC(CC(C5)C3)C4)n3ccccc23)CC1.O=C([O-])C(F)(F)F. The molecule has 3 heterocycles. The number of imidazole rings is 1. The molecule has 0 unspecified atom stereocenters. The highest BCUT2D eigenvalue weighted by Gasteiger charge is 2.51. The number of carbonyl (C=O) groups is 3. The van der Waals surface area contributed by atoms with E-state index in [1.165, 1.54) is 24.2 Å². The van der Waals surface area contributed by atoms with Gasteiger partial charge in [0.25, 0.3) is 5.91 Å². The van der Waals surface area contributed by atoms with E-state index in [2.05, 4.69) is 16.7 Å². The first-order valence-corrected chi connectivity index (χ1v) is 13.9. The third-order valence-electron chi connectivity index (χ3n) is 8.93. The molecular weight excluding hydrogens is 529 g/mol. The molecule has 0 spiro atoms. The zero-order valence-corrected chi connectivity index (χ0v) is 22.1. The molecule has 7 rings (SSSR count). The average Bonchev–Trinajstić information content (AvgIpc) is 3.22. The van der Waals surface area contributed by atoms with Crippen LogP contribution in [0, 0.1) is 17.8 Å². The number of aromatic nitrogens is 2. The number of rotatable bonds is 5. The largest absolute Gasteiger partial charge is 0.542 e. The Bertz CT molecular complexity index is 1240. The molecule has 10 nitrogen and oxygen atoms in total. The number of amides is 3. The molecule has 2 aromatic rings. The minimum atomic E-state index is -5.19. The first-order valence-electron chi connectivity index (χ1n) is 13.9. The normalized spacial score (nSPS) is 30.8. The third-order valence-corrected chi connectivity index (χ3v) is 8.93. The summed E-state index contributed by atoms with van der Waals surface area (Å²) in [4.78, 5) is 39.8. The van der Waals surface area contributed by atoms with E-state index in [9.17, 15) is 22.8 Å². The van der Waals surface area contributed by atoms with E-state index in [1.54, 1.807) is 0 Å². The van der Waals surface area contributed by atoms with Crippen LogP contribution in [0.15, 0.2) is 24.4 Å². The van der Waals surface area contributed by atoms with Gasteiger partial charge >= 0.3 is 12.2 Å². The number of likely N-dealkylation sites (tertiary alicyclic amines) is 1. The van der Waals surface area contributed by atoms with Gasteiger partial charge < -0.3 is 31.2 Å². The van der Waals surface area contributed by atoms with Gasteiger partial charge in [0.2, 0.25) is 5.82 Å². The summed E-state index contributed by atoms with van der Waals surface area (Å²) in [7, 11) is 0. The van der Waals surface area contributed by atoms with Crippen molar-refractivity contribution in [2.75, 3.05) is 13.1 Å². The van der Waals surface area contributed by atoms with Crippen molar-refractivity contribution in [3.63, 3.8) is 0 Å². The Hall–Kier alpha value is -3.35. The summed E-state index contributed by atoms with van der Waals surface area (Å²) in [6, 6.07) is 5.75. The molecule has 13 heteroatoms. The quantitative estimate of drug-likeness (QED) is 0.419. The van der Waals surface area contributed by atoms with Crippen LogP contribution in [0.3, 0.4) is 0 Å². The van der Waals surface area contributed by atoms with Crippen molar-refractivity contribution in [3.05, 3.63) is 35.9 Å². The lowest BCUT2D eigenvalue weighted by Crippen LogP contribution is -3.12. The van der Waals surface area contributed by atoms with E-state index in [4.69, 9.17) is 20.6 Å². The second-order valence-corrected chi connectivity index (χ2v) is 12.0. The molecule has 218 valence electrons. The van der Waals surface area contributed by atoms with E-state index in [-0.39, 0.29) is 17.5 Å². The fourth-order valence-corrected chi connectivity index (χ4v) is 7.74. The average molecular weight is 565 g/mol. The van der Waals surface area contributed by atoms with Gasteiger partial charge in [-0.2, -0.15) is 13.2 Å². The molecule has 5 fully saturated rings. The van der Waals surface area contributed by atoms with Gasteiger partial charge in [-0.3, -0.25) is 9.20 Å². The molecule has 1 aliphatic heterocycles. The van der Waals surface area contributed by atoms with Crippen LogP contribution in [0.2, 0.25) is 0 Å². The van der Waals surface area contributed by atoms with Crippen LogP contribution in [-0.4, -0.2) is 58.1 Å². The van der Waals surface area contributed by atoms with Gasteiger partial charge in [0, 0.05) is 30.6 Å². The molecule has 4 aliphatic carbocycles. The summed E-state index contributed by atoms with van der Waals surface area (Å²) in [6.07, 6.45) is 6.07. The monoisotopic (exact) mass is 564 g/mol. The van der Waals surface area contributed by atoms with E-state index < -0.39 is 18.2 Å². The highest BCUT2D eigenvalue weighted by Crippen LogP contribution is 2.55. The maximum atomic E-state index is 13.5. The smallest absolute Gasteiger partial charge is 0.430 e. The molecule has 0 atom stereocenters. The van der Waals surface area contributed by atoms with Crippen LogP contribution < -0.4 is 26.4 Å². The number of alkyl halides is 3. The van der Waals surface area contributed by atoms with E-state index in [1.807, 2.05) is 22.7 Å². The van der Waals surface area contributed by atoms with Crippen LogP contribution in [0.4, 0.5) is 18.0 Å². The van der Waals surface area contributed by atoms with Crippen LogP contribution >= 0.6 is 0 Å². The predicted octanol–water partition coefficient (Wildman–Crippen LogP) is 0.547. The number of aliphatic carboxylic acids is 1. The van der Waals surface area contributed by atoms with Crippen molar-refractivity contribution in [3.8, 4) is 0 Å². The number of nitrogens with two attached hydrogens (primary N) is 1. The number of pyridine rings is 1. The molecule has 4 bridgehead atoms. The van der Waals surface area contributed by atoms with Gasteiger partial charge in [-0.25, -0.2) is 9.78 Å². The van der Waals surface area contributed by atoms with Crippen molar-refractivity contribution in [2.24, 2.45) is 23.5 Å². The van der Waals surface area contributed by atoms with Gasteiger partial charge in [0.1, 0.15) is 18.2 Å². The number of nitrogens with zero attached hydrogens (tertiary/aromatic N) is 2. The Morgan fingerprint density at radius 3 is 2.17 bits per heavy atom. The van der Waals surface area contributed by atoms with Gasteiger partial charge in [-0.05, 0) is 68.4 Å². The summed E-state index contributed by atoms with van der Waals surface area (Å²) in [6.45, 7) is 2.68. The topological polar surface area (TPSA) is 146 Å². The molecule has 0 aromatic carbocycles. The van der Waals surface area contributed by atoms with Crippen LogP contribution in [-0.2, 0) is 11.3 Å². The van der Waals surface area contributed by atoms with Crippen LogP contribution in [0.1, 0.15) is 67.7 Å². The number of fused-ring (bicyclic) bond motifs is 1. The number of carbonyl (C=O) groups excluding carboxylic acids is 3. The third kappa shape index (κ3) is 6.18. The van der Waals surface area contributed by atoms with Crippen molar-refractivity contribution in [2.45, 2.75) is 75.7 Å². The summed E-state index contributed by atoms with van der Waals surface area (Å²) >= 11 is 0. The molecule has 1 saturated heterocycles. The standard InChI is InChI=1S/C25H34N6O2.C2HF3O2/c26-24(33)27-19-4-7-30(8-5-19)15-20-21-3-1-2-6-31(21)22(28-20)23(32)29-25-12-16-9-17(13-25)11-18(10-16)14-25;3-2(4,5)1(6)7/h1-3,6,16-19H,4-5,7-15H2,(H,29,32)(H3,26,27,33);(H,6,7). The summed E-state index contributed by atoms with van der Waals surface area (Å²) < 4.78 is 33.5. The molecular formula is C27H35F3N6O4. The molecule has 5 aliphatic rings. The lowest BCUT2D eigenvalue weighted by molar-refractivity contribution is -0.919. The maximum absolute atomic E-state index is 13.5. The molecule has 40 heavy (non-hydrogen) atoms. The Labute approximate surface area is 229 Å².